The zero-order valence-corrected chi connectivity index (χ0v) is 22.8. The number of nitrogens with one attached hydrogen (secondary N) is 2. The fourth-order valence-electron chi connectivity index (χ4n) is 4.23. The molecular formula is C29H28ClN7O2. The Morgan fingerprint density at radius 3 is 2.49 bits per heavy atom. The second kappa shape index (κ2) is 10.3. The van der Waals surface area contributed by atoms with Crippen molar-refractivity contribution in [2.24, 2.45) is 0 Å². The minimum atomic E-state index is -0.336. The van der Waals surface area contributed by atoms with Crippen molar-refractivity contribution in [2.75, 3.05) is 27.5 Å². The number of para-hydroxylation sites is 1. The molecule has 10 heteroatoms. The van der Waals surface area contributed by atoms with Crippen molar-refractivity contribution in [3.63, 3.8) is 0 Å². The molecule has 0 saturated heterocycles. The topological polar surface area (TPSA) is 103 Å². The van der Waals surface area contributed by atoms with Gasteiger partial charge < -0.3 is 10.6 Å². The van der Waals surface area contributed by atoms with Gasteiger partial charge in [-0.2, -0.15) is 4.98 Å². The van der Waals surface area contributed by atoms with Gasteiger partial charge in [-0.15, -0.1) is 0 Å². The lowest BCUT2D eigenvalue weighted by molar-refractivity contribution is 0.102. The third-order valence-corrected chi connectivity index (χ3v) is 6.69. The normalized spacial score (nSPS) is 13.2. The summed E-state index contributed by atoms with van der Waals surface area (Å²) in [7, 11) is 1.64. The molecule has 1 aliphatic rings. The minimum Gasteiger partial charge on any atom is -0.324 e. The van der Waals surface area contributed by atoms with Crippen molar-refractivity contribution in [3.8, 4) is 0 Å². The minimum absolute atomic E-state index is 0.0929. The van der Waals surface area contributed by atoms with Crippen LogP contribution in [-0.4, -0.2) is 33.9 Å². The maximum absolute atomic E-state index is 13.4. The number of amides is 3. The van der Waals surface area contributed by atoms with E-state index in [4.69, 9.17) is 11.6 Å². The summed E-state index contributed by atoms with van der Waals surface area (Å²) in [5.74, 6) is 0.598. The molecule has 0 fully saturated rings. The first-order valence-electron chi connectivity index (χ1n) is 12.4. The number of rotatable bonds is 5. The predicted octanol–water partition coefficient (Wildman–Crippen LogP) is 6.39. The van der Waals surface area contributed by atoms with Crippen LogP contribution in [0.25, 0.3) is 0 Å². The summed E-state index contributed by atoms with van der Waals surface area (Å²) in [6.45, 7) is 6.47. The fraction of sp³-hybridized carbons (Fsp3) is 0.207. The van der Waals surface area contributed by atoms with Gasteiger partial charge in [-0.3, -0.25) is 14.6 Å². The summed E-state index contributed by atoms with van der Waals surface area (Å²) in [6, 6.07) is 18.4. The lowest BCUT2D eigenvalue weighted by atomic mass is 9.86. The Morgan fingerprint density at radius 1 is 0.974 bits per heavy atom. The van der Waals surface area contributed by atoms with Crippen LogP contribution in [0.3, 0.4) is 0 Å². The summed E-state index contributed by atoms with van der Waals surface area (Å²) >= 11 is 6.43. The molecule has 198 valence electrons. The second-order valence-electron chi connectivity index (χ2n) is 10.3. The lowest BCUT2D eigenvalue weighted by Gasteiger charge is -2.34. The Balaban J connectivity index is 1.38. The van der Waals surface area contributed by atoms with Gasteiger partial charge in [0.2, 0.25) is 5.95 Å². The average molecular weight is 542 g/mol. The van der Waals surface area contributed by atoms with Crippen LogP contribution >= 0.6 is 11.6 Å². The third kappa shape index (κ3) is 5.53. The van der Waals surface area contributed by atoms with Crippen LogP contribution in [0.15, 0.2) is 73.1 Å². The zero-order valence-electron chi connectivity index (χ0n) is 22.1. The van der Waals surface area contributed by atoms with Gasteiger partial charge in [-0.1, -0.05) is 62.7 Å². The van der Waals surface area contributed by atoms with E-state index in [0.717, 1.165) is 16.8 Å². The predicted molar refractivity (Wildman–Crippen MR) is 154 cm³/mol. The van der Waals surface area contributed by atoms with Crippen molar-refractivity contribution in [1.82, 2.24) is 15.0 Å². The van der Waals surface area contributed by atoms with Gasteiger partial charge in [0, 0.05) is 30.1 Å². The molecule has 4 aromatic rings. The Hall–Kier alpha value is -4.50. The van der Waals surface area contributed by atoms with E-state index in [0.29, 0.717) is 28.7 Å². The van der Waals surface area contributed by atoms with Gasteiger partial charge in [0.15, 0.2) is 5.15 Å². The highest BCUT2D eigenvalue weighted by Crippen LogP contribution is 2.34. The molecule has 2 aromatic heterocycles. The molecule has 2 N–H and O–H groups in total. The number of halogens is 1. The van der Waals surface area contributed by atoms with E-state index in [1.807, 2.05) is 48.5 Å². The maximum atomic E-state index is 13.4. The second-order valence-corrected chi connectivity index (χ2v) is 10.6. The number of urea groups is 1. The molecule has 1 aliphatic heterocycles. The van der Waals surface area contributed by atoms with Crippen molar-refractivity contribution >= 4 is 52.4 Å². The maximum Gasteiger partial charge on any atom is 0.330 e. The van der Waals surface area contributed by atoms with E-state index in [9.17, 15) is 9.59 Å². The van der Waals surface area contributed by atoms with Crippen LogP contribution in [0.2, 0.25) is 5.15 Å². The number of fused-ring (bicyclic) bond motifs is 1. The summed E-state index contributed by atoms with van der Waals surface area (Å²) < 4.78 is 0. The number of anilines is 5. The molecule has 3 heterocycles. The molecule has 0 saturated carbocycles. The van der Waals surface area contributed by atoms with E-state index in [1.165, 1.54) is 16.0 Å². The average Bonchev–Trinajstić information content (AvgIpc) is 2.92. The van der Waals surface area contributed by atoms with Crippen molar-refractivity contribution in [2.45, 2.75) is 32.7 Å². The SMILES string of the molecule is CN1C(=O)N(c2cc(NC(=O)c3cccc(C(C)(C)C)c3)cnc2Cl)Cc2cnc(Nc3ccccc3)nc21. The van der Waals surface area contributed by atoms with Gasteiger partial charge in [0.1, 0.15) is 5.82 Å². The van der Waals surface area contributed by atoms with Crippen molar-refractivity contribution < 1.29 is 9.59 Å². The van der Waals surface area contributed by atoms with Crippen LogP contribution in [0.5, 0.6) is 0 Å². The number of aromatic nitrogens is 3. The molecule has 9 nitrogen and oxygen atoms in total. The number of benzene rings is 2. The first-order chi connectivity index (χ1) is 18.6. The van der Waals surface area contributed by atoms with Crippen LogP contribution in [0, 0.1) is 0 Å². The van der Waals surface area contributed by atoms with E-state index in [1.54, 1.807) is 25.4 Å². The number of nitrogens with zero attached hydrogens (tertiary/aromatic N) is 5. The molecule has 0 atom stereocenters. The summed E-state index contributed by atoms with van der Waals surface area (Å²) in [4.78, 5) is 42.6. The first-order valence-corrected chi connectivity index (χ1v) is 12.8. The van der Waals surface area contributed by atoms with Crippen molar-refractivity contribution in [1.29, 1.82) is 0 Å². The Bertz CT molecular complexity index is 1550. The van der Waals surface area contributed by atoms with E-state index >= 15 is 0 Å². The smallest absolute Gasteiger partial charge is 0.324 e. The van der Waals surface area contributed by atoms with Gasteiger partial charge in [-0.25, -0.2) is 14.8 Å². The highest BCUT2D eigenvalue weighted by Gasteiger charge is 2.32. The van der Waals surface area contributed by atoms with E-state index in [2.05, 4.69) is 46.4 Å². The monoisotopic (exact) mass is 541 g/mol. The summed E-state index contributed by atoms with van der Waals surface area (Å²) in [5, 5.41) is 6.16. The zero-order chi connectivity index (χ0) is 27.7. The first kappa shape index (κ1) is 26.1. The van der Waals surface area contributed by atoms with Crippen LogP contribution < -0.4 is 20.4 Å². The van der Waals surface area contributed by atoms with Gasteiger partial charge >= 0.3 is 6.03 Å². The van der Waals surface area contributed by atoms with Gasteiger partial charge in [0.05, 0.1) is 24.1 Å². The number of pyridine rings is 1. The summed E-state index contributed by atoms with van der Waals surface area (Å²) in [5.41, 5.74) is 3.84. The van der Waals surface area contributed by atoms with Crippen LogP contribution in [0.4, 0.5) is 33.6 Å². The molecule has 0 radical (unpaired) electrons. The molecule has 0 spiro atoms. The fourth-order valence-corrected chi connectivity index (χ4v) is 4.44. The molecule has 0 aliphatic carbocycles. The van der Waals surface area contributed by atoms with Crippen LogP contribution in [-0.2, 0) is 12.0 Å². The Morgan fingerprint density at radius 2 is 1.74 bits per heavy atom. The molecule has 0 unspecified atom stereocenters. The quantitative estimate of drug-likeness (QED) is 0.283. The van der Waals surface area contributed by atoms with Crippen molar-refractivity contribution in [3.05, 3.63) is 94.9 Å². The molecule has 5 rings (SSSR count). The van der Waals surface area contributed by atoms with Gasteiger partial charge in [0.25, 0.3) is 5.91 Å². The van der Waals surface area contributed by atoms with E-state index < -0.39 is 0 Å². The molecular weight excluding hydrogens is 514 g/mol. The Labute approximate surface area is 231 Å². The van der Waals surface area contributed by atoms with Crippen LogP contribution in [0.1, 0.15) is 42.3 Å². The molecule has 3 amide bonds. The highest BCUT2D eigenvalue weighted by molar-refractivity contribution is 6.33. The third-order valence-electron chi connectivity index (χ3n) is 6.40. The Kier molecular flexibility index (Phi) is 6.93. The number of hydrogen-bond acceptors (Lipinski definition) is 6. The molecule has 2 aromatic carbocycles. The van der Waals surface area contributed by atoms with Gasteiger partial charge in [-0.05, 0) is 41.3 Å². The van der Waals surface area contributed by atoms with E-state index in [-0.39, 0.29) is 29.1 Å². The number of carbonyl (C=O) groups is 2. The highest BCUT2D eigenvalue weighted by atomic mass is 35.5. The largest absolute Gasteiger partial charge is 0.330 e. The lowest BCUT2D eigenvalue weighted by Crippen LogP contribution is -2.46. The number of carbonyl (C=O) groups excluding carboxylic acids is 2. The number of hydrogen-bond donors (Lipinski definition) is 2. The molecule has 39 heavy (non-hydrogen) atoms. The molecule has 0 bridgehead atoms. The standard InChI is InChI=1S/C29H28ClN7O2/c1-29(2,3)20-10-8-9-18(13-20)26(38)33-22-14-23(24(30)31-16-22)37-17-19-15-32-27(34-21-11-6-5-7-12-21)35-25(19)36(4)28(37)39/h5-16H,17H2,1-4H3,(H,33,38)(H,32,34,35). The summed E-state index contributed by atoms with van der Waals surface area (Å²) in [6.07, 6.45) is 3.15.